The minimum atomic E-state index is -1.99. The van der Waals surface area contributed by atoms with Crippen LogP contribution in [0.1, 0.15) is 106 Å². The number of aryl methyl sites for hydroxylation is 1. The van der Waals surface area contributed by atoms with Crippen LogP contribution in [0.3, 0.4) is 0 Å². The molecule has 3 aliphatic rings. The van der Waals surface area contributed by atoms with Gasteiger partial charge in [-0.3, -0.25) is 24.2 Å². The summed E-state index contributed by atoms with van der Waals surface area (Å²) in [4.78, 5) is 65.2. The zero-order valence-corrected chi connectivity index (χ0v) is 43.0. The van der Waals surface area contributed by atoms with Gasteiger partial charge in [-0.15, -0.1) is 21.5 Å². The fourth-order valence-corrected chi connectivity index (χ4v) is 11.3. The highest BCUT2D eigenvalue weighted by Gasteiger charge is 2.53. The van der Waals surface area contributed by atoms with E-state index in [-0.39, 0.29) is 63.2 Å². The molecule has 2 saturated carbocycles. The zero-order valence-electron chi connectivity index (χ0n) is 41.4. The van der Waals surface area contributed by atoms with Gasteiger partial charge in [0.25, 0.3) is 5.91 Å². The second kappa shape index (κ2) is 21.3. The topological polar surface area (TPSA) is 242 Å². The number of hydrogen-bond donors (Lipinski definition) is 5. The highest BCUT2D eigenvalue weighted by molar-refractivity contribution is 7.14. The van der Waals surface area contributed by atoms with Crippen molar-refractivity contribution in [3.8, 4) is 44.2 Å². The van der Waals surface area contributed by atoms with E-state index in [0.717, 1.165) is 80.0 Å². The number of alkyl halides is 1. The molecule has 1 aliphatic heterocycles. The number of halogens is 1. The highest BCUT2D eigenvalue weighted by atomic mass is 32.1. The van der Waals surface area contributed by atoms with Crippen molar-refractivity contribution in [2.75, 3.05) is 25.5 Å². The Morgan fingerprint density at radius 2 is 1.84 bits per heavy atom. The van der Waals surface area contributed by atoms with Crippen molar-refractivity contribution in [1.82, 2.24) is 50.6 Å². The molecular weight excluding hydrogens is 972 g/mol. The third-order valence-corrected chi connectivity index (χ3v) is 16.0. The van der Waals surface area contributed by atoms with Crippen molar-refractivity contribution in [2.24, 2.45) is 5.41 Å². The molecule has 6 aromatic rings. The van der Waals surface area contributed by atoms with Crippen LogP contribution in [0.15, 0.2) is 60.4 Å². The number of aromatic nitrogens is 6. The van der Waals surface area contributed by atoms with E-state index < -0.39 is 47.0 Å². The Bertz CT molecular complexity index is 3080. The number of thiazole rings is 1. The van der Waals surface area contributed by atoms with Gasteiger partial charge in [0.1, 0.15) is 28.9 Å². The quantitative estimate of drug-likeness (QED) is 0.0587. The lowest BCUT2D eigenvalue weighted by atomic mass is 9.85. The summed E-state index contributed by atoms with van der Waals surface area (Å²) >= 11 is 3.06. The number of hydrogen-bond acceptors (Lipinski definition) is 15. The number of anilines is 1. The lowest BCUT2D eigenvalue weighted by Gasteiger charge is -2.35. The molecule has 3 atom stereocenters. The van der Waals surface area contributed by atoms with Crippen LogP contribution in [-0.4, -0.2) is 114 Å². The fraction of sp³-hybridized carbons (Fsp3) is 0.462. The predicted octanol–water partition coefficient (Wildman–Crippen LogP) is 6.87. The number of carbonyl (C=O) groups is 4. The van der Waals surface area contributed by atoms with E-state index in [2.05, 4.69) is 47.6 Å². The number of nitriles is 1. The van der Waals surface area contributed by atoms with Crippen molar-refractivity contribution < 1.29 is 33.4 Å². The number of β-amino-alcohol motifs (C(OH)–C–C–N with tert-alkyl or cyclic N) is 1. The number of fused-ring (bicyclic) bond motifs is 1. The number of carbonyl (C=O) groups excluding carboxylic acids is 4. The molecule has 9 rings (SSSR count). The van der Waals surface area contributed by atoms with E-state index in [0.29, 0.717) is 23.3 Å². The molecule has 4 amide bonds. The third kappa shape index (κ3) is 11.4. The molecule has 21 heteroatoms. The Morgan fingerprint density at radius 3 is 2.55 bits per heavy atom. The van der Waals surface area contributed by atoms with Crippen molar-refractivity contribution in [3.63, 3.8) is 0 Å². The Labute approximate surface area is 430 Å². The Kier molecular flexibility index (Phi) is 14.9. The molecule has 6 heterocycles. The fourth-order valence-electron chi connectivity index (χ4n) is 9.51. The molecule has 1 aromatic carbocycles. The first-order valence-electron chi connectivity index (χ1n) is 24.6. The van der Waals surface area contributed by atoms with E-state index in [4.69, 9.17) is 9.72 Å². The minimum Gasteiger partial charge on any atom is -0.493 e. The second-order valence-electron chi connectivity index (χ2n) is 20.2. The van der Waals surface area contributed by atoms with Gasteiger partial charge in [-0.05, 0) is 93.2 Å². The normalized spacial score (nSPS) is 19.7. The summed E-state index contributed by atoms with van der Waals surface area (Å²) in [6.45, 7) is 7.38. The molecule has 0 radical (unpaired) electrons. The van der Waals surface area contributed by atoms with Gasteiger partial charge >= 0.3 is 0 Å². The average Bonchev–Trinajstić information content (AvgIpc) is 3.86. The maximum Gasteiger partial charge on any atom is 0.258 e. The summed E-state index contributed by atoms with van der Waals surface area (Å²) in [7, 11) is 1.85. The van der Waals surface area contributed by atoms with Gasteiger partial charge in [0.05, 0.1) is 63.0 Å². The summed E-state index contributed by atoms with van der Waals surface area (Å²) < 4.78 is 22.8. The molecule has 1 unspecified atom stereocenters. The number of ether oxygens (including phenoxy) is 1. The standard InChI is InChI=1S/C52H59FN12O6S2/c1-29-44(72-28-58-29)32-8-9-33(25-57-46(68)41-21-36(66)27-64(41)49(69)45(51(2,3)4)61-50(70)52(53)16-17-52)42(20-32)71-18-6-7-43(67)60-34-12-10-31(11-13-34)47-62-63-48(73-47)37-26-56-39(22-38(37)55-5)40-15-14-35-19-30(23-54)24-59-65(35)40/h8-9,14-15,19-20,22,24,26,28,31,34,36,41,45,66H,6-7,10-13,16-18,21,25,27H2,1-5H3,(H,55,56)(H,57,68)(H,60,67)(H,61,70)/t31?,34?,36-,41+,45?/m1/s1. The largest absolute Gasteiger partial charge is 0.493 e. The molecule has 1 saturated heterocycles. The predicted molar refractivity (Wildman–Crippen MR) is 274 cm³/mol. The van der Waals surface area contributed by atoms with Crippen molar-refractivity contribution in [1.29, 1.82) is 5.26 Å². The van der Waals surface area contributed by atoms with Crippen LogP contribution in [0.25, 0.3) is 37.9 Å². The van der Waals surface area contributed by atoms with E-state index in [1.165, 1.54) is 22.4 Å². The van der Waals surface area contributed by atoms with Crippen LogP contribution in [0.4, 0.5) is 10.1 Å². The number of benzene rings is 1. The van der Waals surface area contributed by atoms with Crippen LogP contribution in [0.2, 0.25) is 0 Å². The summed E-state index contributed by atoms with van der Waals surface area (Å²) in [5, 5.41) is 47.3. The Hall–Kier alpha value is -6.89. The number of rotatable bonds is 17. The van der Waals surface area contributed by atoms with E-state index in [1.807, 2.05) is 50.4 Å². The summed E-state index contributed by atoms with van der Waals surface area (Å²) in [5.74, 6) is -1.19. The van der Waals surface area contributed by atoms with Gasteiger partial charge in [0.2, 0.25) is 17.7 Å². The molecular formula is C52H59FN12O6S2. The number of nitrogens with zero attached hydrogens (tertiary/aromatic N) is 8. The van der Waals surface area contributed by atoms with Crippen LogP contribution < -0.4 is 26.0 Å². The number of likely N-dealkylation sites (tertiary alicyclic amines) is 1. The van der Waals surface area contributed by atoms with Crippen molar-refractivity contribution >= 4 is 57.5 Å². The number of nitrogens with one attached hydrogen (secondary N) is 4. The Morgan fingerprint density at radius 1 is 1.04 bits per heavy atom. The molecule has 3 fully saturated rings. The van der Waals surface area contributed by atoms with Crippen LogP contribution in [-0.2, 0) is 25.7 Å². The van der Waals surface area contributed by atoms with E-state index >= 15 is 0 Å². The van der Waals surface area contributed by atoms with Gasteiger partial charge in [0, 0.05) is 62.4 Å². The molecule has 5 N–H and O–H groups in total. The molecule has 0 spiro atoms. The number of amides is 4. The summed E-state index contributed by atoms with van der Waals surface area (Å²) in [6, 6.07) is 13.3. The number of aliphatic hydroxyl groups is 1. The summed E-state index contributed by atoms with van der Waals surface area (Å²) in [5.41, 5.74) is 5.92. The number of aliphatic hydroxyl groups excluding tert-OH is 1. The van der Waals surface area contributed by atoms with Crippen molar-refractivity contribution in [2.45, 2.75) is 128 Å². The van der Waals surface area contributed by atoms with Crippen molar-refractivity contribution in [3.05, 3.63) is 82.2 Å². The maximum absolute atomic E-state index is 14.7. The van der Waals surface area contributed by atoms with Gasteiger partial charge < -0.3 is 36.0 Å². The molecule has 0 bridgehead atoms. The van der Waals surface area contributed by atoms with Crippen LogP contribution in [0, 0.1) is 23.7 Å². The monoisotopic (exact) mass is 1030 g/mol. The molecule has 73 heavy (non-hydrogen) atoms. The first kappa shape index (κ1) is 51.0. The lowest BCUT2D eigenvalue weighted by Crippen LogP contribution is -2.59. The van der Waals surface area contributed by atoms with Gasteiger partial charge in [-0.25, -0.2) is 13.9 Å². The van der Waals surface area contributed by atoms with E-state index in [1.54, 1.807) is 54.4 Å². The maximum atomic E-state index is 14.7. The SMILES string of the molecule is CNc1cc(-c2ccc3cc(C#N)cnn23)ncc1-c1nnc(C2CCC(NC(=O)CCCOc3cc(-c4scnc4C)ccc3CNC(=O)[C@@H]3C[C@@H](O)CN3C(=O)C(NC(=O)C3(F)CC3)C(C)(C)C)CC2)s1. The Balaban J connectivity index is 0.769. The second-order valence-corrected chi connectivity index (χ2v) is 22.1. The van der Waals surface area contributed by atoms with Crippen LogP contribution >= 0.6 is 22.7 Å². The van der Waals surface area contributed by atoms with E-state index in [9.17, 15) is 33.9 Å². The lowest BCUT2D eigenvalue weighted by molar-refractivity contribution is -0.145. The average molecular weight is 1030 g/mol. The molecule has 2 aliphatic carbocycles. The van der Waals surface area contributed by atoms with Gasteiger partial charge in [-0.1, -0.05) is 44.2 Å². The highest BCUT2D eigenvalue weighted by Crippen LogP contribution is 2.41. The van der Waals surface area contributed by atoms with Gasteiger partial charge in [-0.2, -0.15) is 10.4 Å². The molecule has 18 nitrogen and oxygen atoms in total. The first-order valence-corrected chi connectivity index (χ1v) is 26.3. The third-order valence-electron chi connectivity index (χ3n) is 13.9. The minimum absolute atomic E-state index is 0.00329. The van der Waals surface area contributed by atoms with Gasteiger partial charge in [0.15, 0.2) is 10.7 Å². The number of pyridine rings is 1. The molecule has 5 aromatic heterocycles. The van der Waals surface area contributed by atoms with Crippen LogP contribution in [0.5, 0.6) is 5.75 Å². The zero-order chi connectivity index (χ0) is 51.6. The molecule has 382 valence electrons. The summed E-state index contributed by atoms with van der Waals surface area (Å²) in [6.07, 6.45) is 6.62. The smallest absolute Gasteiger partial charge is 0.258 e. The first-order chi connectivity index (χ1) is 35.0.